The third-order valence-electron chi connectivity index (χ3n) is 4.42. The van der Waals surface area contributed by atoms with Crippen LogP contribution in [0.1, 0.15) is 12.8 Å². The number of hydrogen-bond donors (Lipinski definition) is 2. The minimum Gasteiger partial charge on any atom is -0.344 e. The fourth-order valence-corrected chi connectivity index (χ4v) is 2.97. The number of halogens is 2. The molecule has 1 aliphatic carbocycles. The van der Waals surface area contributed by atoms with Gasteiger partial charge in [0, 0.05) is 47.8 Å². The molecule has 2 N–H and O–H groups in total. The Balaban J connectivity index is 1.57. The smallest absolute Gasteiger partial charge is 0.249 e. The van der Waals surface area contributed by atoms with Gasteiger partial charge >= 0.3 is 0 Å². The molecule has 0 aliphatic heterocycles. The monoisotopic (exact) mass is 326 g/mol. The summed E-state index contributed by atoms with van der Waals surface area (Å²) in [6, 6.07) is 7.96. The first-order valence-corrected chi connectivity index (χ1v) is 7.73. The number of H-pyrrole nitrogens is 1. The fraction of sp³-hybridized carbons (Fsp3) is 0.222. The Kier molecular flexibility index (Phi) is 3.33. The van der Waals surface area contributed by atoms with Crippen molar-refractivity contribution in [3.63, 3.8) is 0 Å². The summed E-state index contributed by atoms with van der Waals surface area (Å²) >= 11 is 0. The van der Waals surface area contributed by atoms with Crippen molar-refractivity contribution >= 4 is 16.6 Å². The number of pyridine rings is 1. The summed E-state index contributed by atoms with van der Waals surface area (Å²) < 4.78 is 26.0. The zero-order chi connectivity index (χ0) is 16.7. The highest BCUT2D eigenvalue weighted by Crippen LogP contribution is 2.45. The Bertz CT molecular complexity index is 895. The molecule has 1 fully saturated rings. The minimum absolute atomic E-state index is 0.142. The van der Waals surface area contributed by atoms with Gasteiger partial charge in [-0.05, 0) is 23.1 Å². The van der Waals surface area contributed by atoms with E-state index in [4.69, 9.17) is 0 Å². The average molecular weight is 326 g/mol. The second kappa shape index (κ2) is 5.40. The first-order valence-electron chi connectivity index (χ1n) is 7.73. The highest BCUT2D eigenvalue weighted by Gasteiger charge is 2.46. The Labute approximate surface area is 137 Å². The van der Waals surface area contributed by atoms with E-state index in [1.807, 2.05) is 30.5 Å². The lowest BCUT2D eigenvalue weighted by Crippen LogP contribution is -2.37. The van der Waals surface area contributed by atoms with Crippen molar-refractivity contribution in [1.82, 2.24) is 15.2 Å². The Morgan fingerprint density at radius 2 is 2.00 bits per heavy atom. The summed E-state index contributed by atoms with van der Waals surface area (Å²) in [5.74, 6) is -2.13. The molecule has 0 bridgehead atoms. The zero-order valence-corrected chi connectivity index (χ0v) is 12.9. The van der Waals surface area contributed by atoms with Crippen LogP contribution in [0.4, 0.5) is 14.6 Å². The molecule has 122 valence electrons. The van der Waals surface area contributed by atoms with Crippen LogP contribution in [-0.2, 0) is 0 Å². The van der Waals surface area contributed by atoms with Crippen molar-refractivity contribution in [3.05, 3.63) is 55.1 Å². The van der Waals surface area contributed by atoms with Gasteiger partial charge in [0.15, 0.2) is 0 Å². The van der Waals surface area contributed by atoms with E-state index in [2.05, 4.69) is 27.1 Å². The maximum Gasteiger partial charge on any atom is 0.249 e. The molecule has 1 aromatic carbocycles. The third-order valence-corrected chi connectivity index (χ3v) is 4.42. The molecular weight excluding hydrogens is 310 g/mol. The van der Waals surface area contributed by atoms with E-state index in [0.29, 0.717) is 11.5 Å². The van der Waals surface area contributed by atoms with Gasteiger partial charge in [-0.15, -0.1) is 0 Å². The molecule has 3 aromatic rings. The predicted molar refractivity (Wildman–Crippen MR) is 89.8 cm³/mol. The quantitative estimate of drug-likeness (QED) is 0.737. The molecule has 1 saturated carbocycles. The Morgan fingerprint density at radius 1 is 1.17 bits per heavy atom. The van der Waals surface area contributed by atoms with Crippen molar-refractivity contribution in [2.24, 2.45) is 5.92 Å². The molecule has 0 spiro atoms. The normalized spacial score (nSPS) is 16.8. The largest absolute Gasteiger partial charge is 0.344 e. The number of nitrogens with one attached hydrogen (secondary N) is 2. The number of aromatic amines is 1. The summed E-state index contributed by atoms with van der Waals surface area (Å²) in [7, 11) is 0. The van der Waals surface area contributed by atoms with Crippen molar-refractivity contribution in [3.8, 4) is 11.1 Å². The van der Waals surface area contributed by atoms with E-state index >= 15 is 0 Å². The first kappa shape index (κ1) is 14.8. The van der Waals surface area contributed by atoms with Gasteiger partial charge in [0.25, 0.3) is 0 Å². The molecule has 0 atom stereocenters. The number of benzene rings is 1. The number of alkyl halides is 2. The predicted octanol–water partition coefficient (Wildman–Crippen LogP) is 4.60. The number of nitrogens with zero attached hydrogens (tertiary/aromatic N) is 2. The molecule has 1 aliphatic rings. The second-order valence-corrected chi connectivity index (χ2v) is 6.23. The maximum absolute atomic E-state index is 13.0. The van der Waals surface area contributed by atoms with E-state index in [9.17, 15) is 8.78 Å². The number of anilines is 1. The van der Waals surface area contributed by atoms with Gasteiger partial charge in [-0.25, -0.2) is 13.8 Å². The molecule has 0 saturated heterocycles. The SMILES string of the molecule is C=C(Nc1cc2cc(-c3cn[nH]c3)ccc2cn1)C1CC(F)(F)C1. The average Bonchev–Trinajstić information content (AvgIpc) is 3.06. The van der Waals surface area contributed by atoms with Crippen LogP contribution in [0.3, 0.4) is 0 Å². The highest BCUT2D eigenvalue weighted by atomic mass is 19.3. The number of aromatic nitrogens is 3. The minimum atomic E-state index is -2.55. The van der Waals surface area contributed by atoms with Crippen LogP contribution in [0.15, 0.2) is 55.1 Å². The Morgan fingerprint density at radius 3 is 2.71 bits per heavy atom. The van der Waals surface area contributed by atoms with Gasteiger partial charge in [0.05, 0.1) is 6.20 Å². The number of allylic oxidation sites excluding steroid dienone is 1. The second-order valence-electron chi connectivity index (χ2n) is 6.23. The van der Waals surface area contributed by atoms with Crippen molar-refractivity contribution in [2.75, 3.05) is 5.32 Å². The fourth-order valence-electron chi connectivity index (χ4n) is 2.97. The van der Waals surface area contributed by atoms with Crippen LogP contribution in [0.25, 0.3) is 21.9 Å². The Hall–Kier alpha value is -2.76. The van der Waals surface area contributed by atoms with Crippen molar-refractivity contribution in [1.29, 1.82) is 0 Å². The topological polar surface area (TPSA) is 53.6 Å². The molecule has 24 heavy (non-hydrogen) atoms. The van der Waals surface area contributed by atoms with Crippen molar-refractivity contribution < 1.29 is 8.78 Å². The highest BCUT2D eigenvalue weighted by molar-refractivity contribution is 5.88. The summed E-state index contributed by atoms with van der Waals surface area (Å²) in [6.07, 6.45) is 5.08. The lowest BCUT2D eigenvalue weighted by molar-refractivity contribution is -0.0988. The van der Waals surface area contributed by atoms with Gasteiger partial charge < -0.3 is 5.32 Å². The number of hydrogen-bond acceptors (Lipinski definition) is 3. The molecule has 6 heteroatoms. The van der Waals surface area contributed by atoms with Gasteiger partial charge in [-0.1, -0.05) is 18.7 Å². The standard InChI is InChI=1S/C18H16F2N4/c1-11(15-6-18(19,20)7-15)24-17-5-14-4-12(16-9-22-23-10-16)2-3-13(14)8-21-17/h2-5,8-10,15H,1,6-7H2,(H,21,24)(H,22,23). The summed E-state index contributed by atoms with van der Waals surface area (Å²) in [6.45, 7) is 3.88. The van der Waals surface area contributed by atoms with Gasteiger partial charge in [-0.3, -0.25) is 5.10 Å². The summed E-state index contributed by atoms with van der Waals surface area (Å²) in [5, 5.41) is 11.8. The number of rotatable bonds is 4. The van der Waals surface area contributed by atoms with Crippen LogP contribution < -0.4 is 5.32 Å². The third kappa shape index (κ3) is 2.75. The molecule has 0 radical (unpaired) electrons. The lowest BCUT2D eigenvalue weighted by Gasteiger charge is -2.36. The molecular formula is C18H16F2N4. The van der Waals surface area contributed by atoms with Crippen LogP contribution in [-0.4, -0.2) is 21.1 Å². The summed E-state index contributed by atoms with van der Waals surface area (Å²) in [4.78, 5) is 4.34. The summed E-state index contributed by atoms with van der Waals surface area (Å²) in [5.41, 5.74) is 2.65. The molecule has 2 heterocycles. The lowest BCUT2D eigenvalue weighted by atomic mass is 9.79. The van der Waals surface area contributed by atoms with Crippen LogP contribution >= 0.6 is 0 Å². The van der Waals surface area contributed by atoms with Crippen molar-refractivity contribution in [2.45, 2.75) is 18.8 Å². The molecule has 4 rings (SSSR count). The van der Waals surface area contributed by atoms with E-state index < -0.39 is 5.92 Å². The van der Waals surface area contributed by atoms with Crippen LogP contribution in [0.5, 0.6) is 0 Å². The van der Waals surface area contributed by atoms with E-state index in [1.165, 1.54) is 0 Å². The van der Waals surface area contributed by atoms with Gasteiger partial charge in [-0.2, -0.15) is 5.10 Å². The number of fused-ring (bicyclic) bond motifs is 1. The molecule has 0 unspecified atom stereocenters. The van der Waals surface area contributed by atoms with Gasteiger partial charge in [0.2, 0.25) is 5.92 Å². The van der Waals surface area contributed by atoms with E-state index in [1.54, 1.807) is 12.4 Å². The zero-order valence-electron chi connectivity index (χ0n) is 12.9. The first-order chi connectivity index (χ1) is 11.5. The van der Waals surface area contributed by atoms with E-state index in [-0.39, 0.29) is 18.8 Å². The van der Waals surface area contributed by atoms with E-state index in [0.717, 1.165) is 21.9 Å². The van der Waals surface area contributed by atoms with Crippen LogP contribution in [0, 0.1) is 5.92 Å². The maximum atomic E-state index is 13.0. The molecule has 4 nitrogen and oxygen atoms in total. The molecule has 2 aromatic heterocycles. The molecule has 0 amide bonds. The van der Waals surface area contributed by atoms with Crippen LogP contribution in [0.2, 0.25) is 0 Å². The van der Waals surface area contributed by atoms with Gasteiger partial charge in [0.1, 0.15) is 5.82 Å².